The summed E-state index contributed by atoms with van der Waals surface area (Å²) in [6.07, 6.45) is 2.75. The van der Waals surface area contributed by atoms with Crippen molar-refractivity contribution in [3.05, 3.63) is 63.9 Å². The van der Waals surface area contributed by atoms with E-state index in [2.05, 4.69) is 64.3 Å². The maximum atomic E-state index is 4.42. The summed E-state index contributed by atoms with van der Waals surface area (Å²) in [6.45, 7) is 5.20. The number of benzene rings is 1. The smallest absolute Gasteiger partial charge is 0.0422 e. The second-order valence-electron chi connectivity index (χ2n) is 4.61. The Hall–Kier alpha value is -1.19. The van der Waals surface area contributed by atoms with Gasteiger partial charge in [0.1, 0.15) is 0 Å². The molecule has 0 aliphatic heterocycles. The number of aromatic nitrogens is 1. The number of halogens is 1. The molecule has 100 valence electrons. The van der Waals surface area contributed by atoms with Gasteiger partial charge in [-0.25, -0.2) is 0 Å². The van der Waals surface area contributed by atoms with Gasteiger partial charge >= 0.3 is 0 Å². The van der Waals surface area contributed by atoms with Crippen LogP contribution in [0.1, 0.15) is 29.8 Å². The van der Waals surface area contributed by atoms with Gasteiger partial charge in [-0.1, -0.05) is 47.1 Å². The minimum Gasteiger partial charge on any atom is -0.310 e. The van der Waals surface area contributed by atoms with Gasteiger partial charge < -0.3 is 5.32 Å². The number of hydrogen-bond donors (Lipinski definition) is 1. The van der Waals surface area contributed by atoms with Crippen LogP contribution in [-0.2, 0) is 6.42 Å². The molecule has 19 heavy (non-hydrogen) atoms. The van der Waals surface area contributed by atoms with Gasteiger partial charge in [0.15, 0.2) is 0 Å². The van der Waals surface area contributed by atoms with E-state index in [1.165, 1.54) is 15.6 Å². The predicted octanol–water partition coefficient (Wildman–Crippen LogP) is 4.05. The molecule has 0 saturated carbocycles. The lowest BCUT2D eigenvalue weighted by Crippen LogP contribution is -2.23. The SMILES string of the molecule is CCNC(Cc1ccccn1)c1cccc(C)c1Br. The lowest BCUT2D eigenvalue weighted by atomic mass is 10.00. The quantitative estimate of drug-likeness (QED) is 0.899. The normalized spacial score (nSPS) is 12.4. The van der Waals surface area contributed by atoms with Gasteiger partial charge in [-0.3, -0.25) is 4.98 Å². The Morgan fingerprint density at radius 2 is 2.05 bits per heavy atom. The second kappa shape index (κ2) is 6.83. The summed E-state index contributed by atoms with van der Waals surface area (Å²) >= 11 is 3.70. The highest BCUT2D eigenvalue weighted by atomic mass is 79.9. The Labute approximate surface area is 123 Å². The largest absolute Gasteiger partial charge is 0.310 e. The average Bonchev–Trinajstić information content (AvgIpc) is 2.43. The van der Waals surface area contributed by atoms with Gasteiger partial charge in [0, 0.05) is 28.8 Å². The highest BCUT2D eigenvalue weighted by Gasteiger charge is 2.15. The van der Waals surface area contributed by atoms with Gasteiger partial charge in [-0.05, 0) is 36.7 Å². The minimum atomic E-state index is 0.286. The van der Waals surface area contributed by atoms with Crippen molar-refractivity contribution < 1.29 is 0 Å². The molecule has 0 saturated heterocycles. The van der Waals surface area contributed by atoms with Crippen molar-refractivity contribution in [2.45, 2.75) is 26.3 Å². The zero-order valence-corrected chi connectivity index (χ0v) is 12.9. The van der Waals surface area contributed by atoms with E-state index >= 15 is 0 Å². The van der Waals surface area contributed by atoms with Crippen molar-refractivity contribution in [3.8, 4) is 0 Å². The van der Waals surface area contributed by atoms with E-state index in [4.69, 9.17) is 0 Å². The molecule has 2 nitrogen and oxygen atoms in total. The fourth-order valence-corrected chi connectivity index (χ4v) is 2.75. The fraction of sp³-hybridized carbons (Fsp3) is 0.312. The van der Waals surface area contributed by atoms with Crippen LogP contribution in [0.4, 0.5) is 0 Å². The molecule has 2 aromatic rings. The molecular weight excluding hydrogens is 300 g/mol. The highest BCUT2D eigenvalue weighted by Crippen LogP contribution is 2.28. The number of nitrogens with zero attached hydrogens (tertiary/aromatic N) is 1. The molecule has 2 rings (SSSR count). The first-order valence-corrected chi connectivity index (χ1v) is 7.40. The first-order chi connectivity index (χ1) is 9.22. The van der Waals surface area contributed by atoms with Crippen molar-refractivity contribution in [2.75, 3.05) is 6.54 Å². The Bertz CT molecular complexity index is 526. The van der Waals surface area contributed by atoms with Gasteiger partial charge in [0.25, 0.3) is 0 Å². The average molecular weight is 319 g/mol. The number of likely N-dealkylation sites (N-methyl/N-ethyl adjacent to an activating group) is 1. The molecule has 3 heteroatoms. The first-order valence-electron chi connectivity index (χ1n) is 6.60. The zero-order valence-electron chi connectivity index (χ0n) is 11.4. The van der Waals surface area contributed by atoms with E-state index in [0.29, 0.717) is 0 Å². The van der Waals surface area contributed by atoms with E-state index in [0.717, 1.165) is 18.7 Å². The Balaban J connectivity index is 2.27. The van der Waals surface area contributed by atoms with E-state index in [-0.39, 0.29) is 6.04 Å². The third-order valence-corrected chi connectivity index (χ3v) is 4.27. The summed E-state index contributed by atoms with van der Waals surface area (Å²) in [7, 11) is 0. The van der Waals surface area contributed by atoms with Crippen molar-refractivity contribution in [2.24, 2.45) is 0 Å². The molecule has 0 bridgehead atoms. The van der Waals surface area contributed by atoms with Crippen molar-refractivity contribution >= 4 is 15.9 Å². The molecule has 1 unspecified atom stereocenters. The summed E-state index contributed by atoms with van der Waals surface area (Å²) in [5, 5.41) is 3.55. The van der Waals surface area contributed by atoms with Crippen LogP contribution in [0.25, 0.3) is 0 Å². The molecule has 1 heterocycles. The van der Waals surface area contributed by atoms with Crippen LogP contribution in [-0.4, -0.2) is 11.5 Å². The third-order valence-electron chi connectivity index (χ3n) is 3.19. The van der Waals surface area contributed by atoms with Crippen LogP contribution in [0.2, 0.25) is 0 Å². The molecule has 0 aliphatic rings. The van der Waals surface area contributed by atoms with Crippen molar-refractivity contribution in [3.63, 3.8) is 0 Å². The maximum absolute atomic E-state index is 4.42. The summed E-state index contributed by atoms with van der Waals surface area (Å²) in [4.78, 5) is 4.42. The second-order valence-corrected chi connectivity index (χ2v) is 5.41. The number of aryl methyl sites for hydroxylation is 1. The molecular formula is C16H19BrN2. The van der Waals surface area contributed by atoms with E-state index < -0.39 is 0 Å². The number of hydrogen-bond acceptors (Lipinski definition) is 2. The van der Waals surface area contributed by atoms with Crippen LogP contribution in [0, 0.1) is 6.92 Å². The summed E-state index contributed by atoms with van der Waals surface area (Å²) in [5.74, 6) is 0. The molecule has 0 fully saturated rings. The highest BCUT2D eigenvalue weighted by molar-refractivity contribution is 9.10. The van der Waals surface area contributed by atoms with Crippen LogP contribution in [0.3, 0.4) is 0 Å². The van der Waals surface area contributed by atoms with E-state index in [1.54, 1.807) is 0 Å². The van der Waals surface area contributed by atoms with E-state index in [9.17, 15) is 0 Å². The summed E-state index contributed by atoms with van der Waals surface area (Å²) < 4.78 is 1.19. The van der Waals surface area contributed by atoms with Gasteiger partial charge in [0.05, 0.1) is 0 Å². The summed E-state index contributed by atoms with van der Waals surface area (Å²) in [5.41, 5.74) is 3.68. The molecule has 1 aromatic heterocycles. The number of pyridine rings is 1. The minimum absolute atomic E-state index is 0.286. The Morgan fingerprint density at radius 3 is 2.74 bits per heavy atom. The lowest BCUT2D eigenvalue weighted by molar-refractivity contribution is 0.542. The van der Waals surface area contributed by atoms with Gasteiger partial charge in [0.2, 0.25) is 0 Å². The fourth-order valence-electron chi connectivity index (χ4n) is 2.21. The first kappa shape index (κ1) is 14.2. The maximum Gasteiger partial charge on any atom is 0.0422 e. The number of rotatable bonds is 5. The third kappa shape index (κ3) is 3.64. The summed E-state index contributed by atoms with van der Waals surface area (Å²) in [6, 6.07) is 12.8. The van der Waals surface area contributed by atoms with Crippen molar-refractivity contribution in [1.82, 2.24) is 10.3 Å². The standard InChI is InChI=1S/C16H19BrN2/c1-3-18-15(11-13-8-4-5-10-19-13)14-9-6-7-12(2)16(14)17/h4-10,15,18H,3,11H2,1-2H3. The Kier molecular flexibility index (Phi) is 5.11. The lowest BCUT2D eigenvalue weighted by Gasteiger charge is -2.20. The zero-order chi connectivity index (χ0) is 13.7. The van der Waals surface area contributed by atoms with Crippen LogP contribution in [0.5, 0.6) is 0 Å². The number of nitrogens with one attached hydrogen (secondary N) is 1. The molecule has 0 aliphatic carbocycles. The molecule has 0 amide bonds. The molecule has 0 spiro atoms. The topological polar surface area (TPSA) is 24.9 Å². The monoisotopic (exact) mass is 318 g/mol. The van der Waals surface area contributed by atoms with Crippen molar-refractivity contribution in [1.29, 1.82) is 0 Å². The van der Waals surface area contributed by atoms with Crippen LogP contribution in [0.15, 0.2) is 47.1 Å². The van der Waals surface area contributed by atoms with E-state index in [1.807, 2.05) is 18.3 Å². The molecule has 1 atom stereocenters. The predicted molar refractivity (Wildman–Crippen MR) is 83.2 cm³/mol. The van der Waals surface area contributed by atoms with Gasteiger partial charge in [-0.15, -0.1) is 0 Å². The van der Waals surface area contributed by atoms with Gasteiger partial charge in [-0.2, -0.15) is 0 Å². The molecule has 1 aromatic carbocycles. The van der Waals surface area contributed by atoms with Crippen LogP contribution < -0.4 is 5.32 Å². The Morgan fingerprint density at radius 1 is 1.21 bits per heavy atom. The molecule has 1 N–H and O–H groups in total. The van der Waals surface area contributed by atoms with Crippen LogP contribution >= 0.6 is 15.9 Å². The molecule has 0 radical (unpaired) electrons.